The van der Waals surface area contributed by atoms with E-state index in [4.69, 9.17) is 0 Å². The van der Waals surface area contributed by atoms with Crippen molar-refractivity contribution in [2.45, 2.75) is 19.4 Å². The largest absolute Gasteiger partial charge is 0.508 e. The minimum absolute atomic E-state index is 0.248. The van der Waals surface area contributed by atoms with E-state index in [0.29, 0.717) is 5.75 Å². The van der Waals surface area contributed by atoms with Gasteiger partial charge >= 0.3 is 0 Å². The van der Waals surface area contributed by atoms with Gasteiger partial charge in [-0.1, -0.05) is 49.4 Å². The summed E-state index contributed by atoms with van der Waals surface area (Å²) in [5, 5.41) is 9.36. The SMILES string of the molecule is C[C@H](c1ccccc1)c1nccn1Cc1ccc(O)cc1. The summed E-state index contributed by atoms with van der Waals surface area (Å²) in [5.74, 6) is 1.59. The van der Waals surface area contributed by atoms with E-state index in [-0.39, 0.29) is 5.92 Å². The number of benzene rings is 2. The highest BCUT2D eigenvalue weighted by atomic mass is 16.3. The molecule has 0 radical (unpaired) electrons. The van der Waals surface area contributed by atoms with Gasteiger partial charge in [-0.25, -0.2) is 4.98 Å². The van der Waals surface area contributed by atoms with E-state index in [0.717, 1.165) is 17.9 Å². The average Bonchev–Trinajstić information content (AvgIpc) is 2.98. The number of aromatic hydroxyl groups is 1. The molecule has 0 amide bonds. The molecular weight excluding hydrogens is 260 g/mol. The fourth-order valence-corrected chi connectivity index (χ4v) is 2.52. The summed E-state index contributed by atoms with van der Waals surface area (Å²) >= 11 is 0. The van der Waals surface area contributed by atoms with Gasteiger partial charge in [-0.15, -0.1) is 0 Å². The fourth-order valence-electron chi connectivity index (χ4n) is 2.52. The molecule has 0 aliphatic heterocycles. The number of nitrogens with zero attached hydrogens (tertiary/aromatic N) is 2. The lowest BCUT2D eigenvalue weighted by molar-refractivity contribution is 0.475. The zero-order valence-corrected chi connectivity index (χ0v) is 12.0. The predicted octanol–water partition coefficient (Wildman–Crippen LogP) is 3.79. The molecule has 0 unspecified atom stereocenters. The Morgan fingerprint density at radius 1 is 1.05 bits per heavy atom. The molecule has 1 atom stereocenters. The van der Waals surface area contributed by atoms with Crippen LogP contribution < -0.4 is 0 Å². The van der Waals surface area contributed by atoms with E-state index in [1.54, 1.807) is 12.1 Å². The van der Waals surface area contributed by atoms with Crippen molar-refractivity contribution in [3.63, 3.8) is 0 Å². The van der Waals surface area contributed by atoms with Crippen molar-refractivity contribution in [2.75, 3.05) is 0 Å². The minimum atomic E-state index is 0.248. The molecule has 3 nitrogen and oxygen atoms in total. The van der Waals surface area contributed by atoms with Crippen LogP contribution in [0.5, 0.6) is 5.75 Å². The van der Waals surface area contributed by atoms with Crippen LogP contribution in [0.3, 0.4) is 0 Å². The second kappa shape index (κ2) is 5.83. The molecule has 0 fully saturated rings. The smallest absolute Gasteiger partial charge is 0.116 e. The maximum atomic E-state index is 9.36. The summed E-state index contributed by atoms with van der Waals surface area (Å²) in [6.07, 6.45) is 3.84. The Balaban J connectivity index is 1.85. The van der Waals surface area contributed by atoms with Crippen LogP contribution >= 0.6 is 0 Å². The number of imidazole rings is 1. The molecule has 1 heterocycles. The summed E-state index contributed by atoms with van der Waals surface area (Å²) < 4.78 is 2.16. The third-order valence-electron chi connectivity index (χ3n) is 3.72. The molecule has 3 rings (SSSR count). The Bertz CT molecular complexity index is 702. The Kier molecular flexibility index (Phi) is 3.73. The Labute approximate surface area is 124 Å². The molecule has 0 aliphatic rings. The van der Waals surface area contributed by atoms with Gasteiger partial charge in [0.15, 0.2) is 0 Å². The van der Waals surface area contributed by atoms with Crippen LogP contribution in [-0.2, 0) is 6.54 Å². The zero-order valence-electron chi connectivity index (χ0n) is 12.0. The van der Waals surface area contributed by atoms with Crippen molar-refractivity contribution >= 4 is 0 Å². The molecule has 1 N–H and O–H groups in total. The van der Waals surface area contributed by atoms with Gasteiger partial charge in [0.25, 0.3) is 0 Å². The number of phenols is 1. The fraction of sp³-hybridized carbons (Fsp3) is 0.167. The summed E-state index contributed by atoms with van der Waals surface area (Å²) in [6, 6.07) is 17.7. The Morgan fingerprint density at radius 3 is 2.48 bits per heavy atom. The van der Waals surface area contributed by atoms with Crippen LogP contribution in [0.2, 0.25) is 0 Å². The van der Waals surface area contributed by atoms with Crippen LogP contribution in [0.4, 0.5) is 0 Å². The molecule has 1 aromatic heterocycles. The van der Waals surface area contributed by atoms with Gasteiger partial charge in [-0.3, -0.25) is 0 Å². The van der Waals surface area contributed by atoms with Crippen molar-refractivity contribution < 1.29 is 5.11 Å². The average molecular weight is 278 g/mol. The van der Waals surface area contributed by atoms with E-state index >= 15 is 0 Å². The topological polar surface area (TPSA) is 38.0 Å². The first-order valence-corrected chi connectivity index (χ1v) is 7.08. The maximum absolute atomic E-state index is 9.36. The molecule has 3 heteroatoms. The lowest BCUT2D eigenvalue weighted by atomic mass is 10.0. The Hall–Kier alpha value is -2.55. The van der Waals surface area contributed by atoms with Gasteiger partial charge in [0.2, 0.25) is 0 Å². The molecule has 3 aromatic rings. The molecular formula is C18H18N2O. The number of hydrogen-bond acceptors (Lipinski definition) is 2. The summed E-state index contributed by atoms with van der Waals surface area (Å²) in [4.78, 5) is 4.52. The standard InChI is InChI=1S/C18H18N2O/c1-14(16-5-3-2-4-6-16)18-19-11-12-20(18)13-15-7-9-17(21)10-8-15/h2-12,14,21H,13H2,1H3/t14-/m1/s1. The van der Waals surface area contributed by atoms with Gasteiger partial charge in [-0.2, -0.15) is 0 Å². The van der Waals surface area contributed by atoms with Crippen molar-refractivity contribution in [1.82, 2.24) is 9.55 Å². The second-order valence-electron chi connectivity index (χ2n) is 5.21. The highest BCUT2D eigenvalue weighted by molar-refractivity contribution is 5.28. The molecule has 2 aromatic carbocycles. The predicted molar refractivity (Wildman–Crippen MR) is 83.4 cm³/mol. The van der Waals surface area contributed by atoms with E-state index in [1.165, 1.54) is 5.56 Å². The first kappa shape index (κ1) is 13.4. The van der Waals surface area contributed by atoms with Crippen molar-refractivity contribution in [3.8, 4) is 5.75 Å². The molecule has 21 heavy (non-hydrogen) atoms. The number of hydrogen-bond donors (Lipinski definition) is 1. The van der Waals surface area contributed by atoms with E-state index < -0.39 is 0 Å². The molecule has 0 saturated carbocycles. The van der Waals surface area contributed by atoms with Gasteiger partial charge in [0, 0.05) is 24.9 Å². The van der Waals surface area contributed by atoms with Gasteiger partial charge in [-0.05, 0) is 23.3 Å². The van der Waals surface area contributed by atoms with Crippen molar-refractivity contribution in [1.29, 1.82) is 0 Å². The number of phenolic OH excluding ortho intramolecular Hbond substituents is 1. The quantitative estimate of drug-likeness (QED) is 0.788. The molecule has 0 aliphatic carbocycles. The number of aromatic nitrogens is 2. The first-order chi connectivity index (χ1) is 10.2. The van der Waals surface area contributed by atoms with Gasteiger partial charge in [0.1, 0.15) is 11.6 Å². The summed E-state index contributed by atoms with van der Waals surface area (Å²) in [5.41, 5.74) is 2.41. The van der Waals surface area contributed by atoms with Crippen LogP contribution in [0.1, 0.15) is 29.8 Å². The van der Waals surface area contributed by atoms with Crippen LogP contribution in [0, 0.1) is 0 Å². The minimum Gasteiger partial charge on any atom is -0.508 e. The van der Waals surface area contributed by atoms with Gasteiger partial charge < -0.3 is 9.67 Å². The normalized spacial score (nSPS) is 12.2. The second-order valence-corrected chi connectivity index (χ2v) is 5.21. The highest BCUT2D eigenvalue weighted by Gasteiger charge is 2.14. The highest BCUT2D eigenvalue weighted by Crippen LogP contribution is 2.23. The van der Waals surface area contributed by atoms with Gasteiger partial charge in [0.05, 0.1) is 0 Å². The maximum Gasteiger partial charge on any atom is 0.116 e. The molecule has 106 valence electrons. The molecule has 0 bridgehead atoms. The molecule has 0 saturated heterocycles. The lowest BCUT2D eigenvalue weighted by Gasteiger charge is -2.14. The third kappa shape index (κ3) is 2.97. The third-order valence-corrected chi connectivity index (χ3v) is 3.72. The first-order valence-electron chi connectivity index (χ1n) is 7.08. The lowest BCUT2D eigenvalue weighted by Crippen LogP contribution is -2.08. The van der Waals surface area contributed by atoms with E-state index in [9.17, 15) is 5.11 Å². The van der Waals surface area contributed by atoms with Crippen molar-refractivity contribution in [3.05, 3.63) is 83.9 Å². The van der Waals surface area contributed by atoms with Crippen LogP contribution in [-0.4, -0.2) is 14.7 Å². The molecule has 0 spiro atoms. The Morgan fingerprint density at radius 2 is 1.76 bits per heavy atom. The summed E-state index contributed by atoms with van der Waals surface area (Å²) in [6.45, 7) is 2.93. The van der Waals surface area contributed by atoms with Crippen LogP contribution in [0.25, 0.3) is 0 Å². The zero-order chi connectivity index (χ0) is 14.7. The van der Waals surface area contributed by atoms with E-state index in [1.807, 2.05) is 30.6 Å². The van der Waals surface area contributed by atoms with Crippen molar-refractivity contribution in [2.24, 2.45) is 0 Å². The monoisotopic (exact) mass is 278 g/mol. The van der Waals surface area contributed by atoms with Crippen LogP contribution in [0.15, 0.2) is 67.0 Å². The van der Waals surface area contributed by atoms with E-state index in [2.05, 4.69) is 40.7 Å². The summed E-state index contributed by atoms with van der Waals surface area (Å²) in [7, 11) is 0. The number of rotatable bonds is 4.